The zero-order valence-corrected chi connectivity index (χ0v) is 13.7. The van der Waals surface area contributed by atoms with Crippen molar-refractivity contribution in [3.63, 3.8) is 0 Å². The number of rotatable bonds is 4. The first kappa shape index (κ1) is 15.5. The molecule has 0 aromatic heterocycles. The molecular weight excluding hydrogens is 244 g/mol. The van der Waals surface area contributed by atoms with Gasteiger partial charge in [0.25, 0.3) is 0 Å². The lowest BCUT2D eigenvalue weighted by atomic mass is 9.88. The number of aryl methyl sites for hydroxylation is 2. The molecule has 0 spiro atoms. The van der Waals surface area contributed by atoms with Gasteiger partial charge in [0.05, 0.1) is 0 Å². The number of piperidine rings is 1. The Hall–Kier alpha value is -0.860. The Balaban J connectivity index is 2.07. The minimum absolute atomic E-state index is 0.440. The summed E-state index contributed by atoms with van der Waals surface area (Å²) in [4.78, 5) is 2.63. The number of nitrogens with zero attached hydrogens (tertiary/aromatic N) is 1. The third-order valence-electron chi connectivity index (χ3n) is 5.02. The Morgan fingerprint density at radius 2 is 2.00 bits per heavy atom. The van der Waals surface area contributed by atoms with Crippen molar-refractivity contribution in [2.75, 3.05) is 26.7 Å². The van der Waals surface area contributed by atoms with Gasteiger partial charge in [-0.15, -0.1) is 0 Å². The normalized spacial score (nSPS) is 25.6. The van der Waals surface area contributed by atoms with E-state index in [1.54, 1.807) is 0 Å². The topological polar surface area (TPSA) is 15.3 Å². The fourth-order valence-electron chi connectivity index (χ4n) is 3.25. The molecule has 1 heterocycles. The highest BCUT2D eigenvalue weighted by Crippen LogP contribution is 2.25. The lowest BCUT2D eigenvalue weighted by molar-refractivity contribution is 0.128. The number of likely N-dealkylation sites (N-methyl/N-ethyl adjacent to an activating group) is 1. The molecule has 0 radical (unpaired) electrons. The Kier molecular flexibility index (Phi) is 5.22. The number of nitrogens with one attached hydrogen (secondary N) is 1. The maximum absolute atomic E-state index is 3.52. The van der Waals surface area contributed by atoms with Gasteiger partial charge < -0.3 is 10.2 Å². The molecule has 1 N–H and O–H groups in total. The van der Waals surface area contributed by atoms with Crippen LogP contribution in [-0.4, -0.2) is 31.6 Å². The third kappa shape index (κ3) is 3.62. The van der Waals surface area contributed by atoms with Crippen molar-refractivity contribution in [1.82, 2.24) is 10.2 Å². The number of hydrogen-bond donors (Lipinski definition) is 1. The van der Waals surface area contributed by atoms with E-state index >= 15 is 0 Å². The summed E-state index contributed by atoms with van der Waals surface area (Å²) in [5, 5.41) is 3.52. The summed E-state index contributed by atoms with van der Waals surface area (Å²) in [6, 6.07) is 7.23. The lowest BCUT2D eigenvalue weighted by Gasteiger charge is -2.37. The number of hydrogen-bond acceptors (Lipinski definition) is 2. The Morgan fingerprint density at radius 1 is 1.25 bits per heavy atom. The SMILES string of the molecule is CNC(CN1CCC(C)C(C)C1)c1cc(C)ccc1C. The standard InChI is InChI=1S/C18H30N2/c1-13-6-7-15(3)17(10-13)18(19-5)12-20-9-8-14(2)16(4)11-20/h6-7,10,14,16,18-19H,8-9,11-12H2,1-5H3. The van der Waals surface area contributed by atoms with Crippen LogP contribution in [0.5, 0.6) is 0 Å². The van der Waals surface area contributed by atoms with E-state index in [2.05, 4.69) is 63.2 Å². The molecule has 1 aromatic rings. The zero-order chi connectivity index (χ0) is 14.7. The summed E-state index contributed by atoms with van der Waals surface area (Å²) in [6.07, 6.45) is 1.34. The predicted octanol–water partition coefficient (Wildman–Crippen LogP) is 3.54. The average Bonchev–Trinajstić information content (AvgIpc) is 2.43. The average molecular weight is 274 g/mol. The molecule has 20 heavy (non-hydrogen) atoms. The first-order chi connectivity index (χ1) is 9.51. The molecule has 1 aliphatic rings. The van der Waals surface area contributed by atoms with E-state index in [-0.39, 0.29) is 0 Å². The predicted molar refractivity (Wildman–Crippen MR) is 87.1 cm³/mol. The molecular formula is C18H30N2. The van der Waals surface area contributed by atoms with Gasteiger partial charge in [-0.3, -0.25) is 0 Å². The molecule has 1 saturated heterocycles. The van der Waals surface area contributed by atoms with Crippen molar-refractivity contribution >= 4 is 0 Å². The van der Waals surface area contributed by atoms with E-state index in [1.807, 2.05) is 0 Å². The van der Waals surface area contributed by atoms with Gasteiger partial charge in [-0.05, 0) is 56.8 Å². The molecule has 1 aromatic carbocycles. The summed E-state index contributed by atoms with van der Waals surface area (Å²) in [5.74, 6) is 1.69. The van der Waals surface area contributed by atoms with Crippen LogP contribution in [0.25, 0.3) is 0 Å². The second kappa shape index (κ2) is 6.73. The molecule has 0 bridgehead atoms. The van der Waals surface area contributed by atoms with Crippen LogP contribution in [0.4, 0.5) is 0 Å². The molecule has 2 rings (SSSR count). The number of likely N-dealkylation sites (tertiary alicyclic amines) is 1. The highest BCUT2D eigenvalue weighted by Gasteiger charge is 2.25. The van der Waals surface area contributed by atoms with Crippen molar-refractivity contribution in [2.45, 2.75) is 40.2 Å². The summed E-state index contributed by atoms with van der Waals surface area (Å²) in [7, 11) is 2.09. The zero-order valence-electron chi connectivity index (χ0n) is 13.7. The molecule has 1 aliphatic heterocycles. The van der Waals surface area contributed by atoms with E-state index in [1.165, 1.54) is 36.2 Å². The molecule has 112 valence electrons. The first-order valence-electron chi connectivity index (χ1n) is 7.98. The number of benzene rings is 1. The van der Waals surface area contributed by atoms with Crippen LogP contribution in [0.2, 0.25) is 0 Å². The van der Waals surface area contributed by atoms with Crippen LogP contribution in [0.3, 0.4) is 0 Å². The van der Waals surface area contributed by atoms with E-state index in [0.29, 0.717) is 6.04 Å². The second-order valence-corrected chi connectivity index (χ2v) is 6.70. The van der Waals surface area contributed by atoms with Crippen LogP contribution < -0.4 is 5.32 Å². The monoisotopic (exact) mass is 274 g/mol. The lowest BCUT2D eigenvalue weighted by Crippen LogP contribution is -2.42. The summed E-state index contributed by atoms with van der Waals surface area (Å²) >= 11 is 0. The van der Waals surface area contributed by atoms with Gasteiger partial charge in [0.2, 0.25) is 0 Å². The van der Waals surface area contributed by atoms with Crippen molar-refractivity contribution in [3.8, 4) is 0 Å². The molecule has 3 atom stereocenters. The minimum atomic E-state index is 0.440. The van der Waals surface area contributed by atoms with Gasteiger partial charge in [-0.1, -0.05) is 37.6 Å². The molecule has 3 unspecified atom stereocenters. The minimum Gasteiger partial charge on any atom is -0.312 e. The fraction of sp³-hybridized carbons (Fsp3) is 0.667. The molecule has 1 fully saturated rings. The van der Waals surface area contributed by atoms with Gasteiger partial charge in [-0.25, -0.2) is 0 Å². The highest BCUT2D eigenvalue weighted by atomic mass is 15.2. The Labute approximate surface area is 124 Å². The van der Waals surface area contributed by atoms with E-state index < -0.39 is 0 Å². The maximum atomic E-state index is 3.52. The largest absolute Gasteiger partial charge is 0.312 e. The van der Waals surface area contributed by atoms with Crippen molar-refractivity contribution < 1.29 is 0 Å². The van der Waals surface area contributed by atoms with Crippen molar-refractivity contribution in [2.24, 2.45) is 11.8 Å². The molecule has 2 nitrogen and oxygen atoms in total. The quantitative estimate of drug-likeness (QED) is 0.903. The van der Waals surface area contributed by atoms with Gasteiger partial charge in [0.15, 0.2) is 0 Å². The van der Waals surface area contributed by atoms with Crippen LogP contribution in [-0.2, 0) is 0 Å². The van der Waals surface area contributed by atoms with E-state index in [4.69, 9.17) is 0 Å². The third-order valence-corrected chi connectivity index (χ3v) is 5.02. The van der Waals surface area contributed by atoms with E-state index in [9.17, 15) is 0 Å². The van der Waals surface area contributed by atoms with Crippen LogP contribution in [0, 0.1) is 25.7 Å². The summed E-state index contributed by atoms with van der Waals surface area (Å²) in [5.41, 5.74) is 4.21. The first-order valence-corrected chi connectivity index (χ1v) is 7.98. The molecule has 2 heteroatoms. The van der Waals surface area contributed by atoms with Crippen LogP contribution in [0.15, 0.2) is 18.2 Å². The van der Waals surface area contributed by atoms with Gasteiger partial charge in [-0.2, -0.15) is 0 Å². The van der Waals surface area contributed by atoms with Crippen LogP contribution >= 0.6 is 0 Å². The smallest absolute Gasteiger partial charge is 0.0449 e. The van der Waals surface area contributed by atoms with Crippen LogP contribution in [0.1, 0.15) is 43.0 Å². The summed E-state index contributed by atoms with van der Waals surface area (Å²) in [6.45, 7) is 12.8. The van der Waals surface area contributed by atoms with E-state index in [0.717, 1.165) is 18.4 Å². The Morgan fingerprint density at radius 3 is 2.65 bits per heavy atom. The maximum Gasteiger partial charge on any atom is 0.0449 e. The van der Waals surface area contributed by atoms with Gasteiger partial charge in [0, 0.05) is 19.1 Å². The van der Waals surface area contributed by atoms with Crippen molar-refractivity contribution in [1.29, 1.82) is 0 Å². The Bertz CT molecular complexity index is 441. The van der Waals surface area contributed by atoms with Gasteiger partial charge in [0.1, 0.15) is 0 Å². The highest BCUT2D eigenvalue weighted by molar-refractivity contribution is 5.33. The van der Waals surface area contributed by atoms with Gasteiger partial charge >= 0.3 is 0 Å². The second-order valence-electron chi connectivity index (χ2n) is 6.70. The summed E-state index contributed by atoms with van der Waals surface area (Å²) < 4.78 is 0. The van der Waals surface area contributed by atoms with Crippen molar-refractivity contribution in [3.05, 3.63) is 34.9 Å². The molecule has 0 aliphatic carbocycles. The fourth-order valence-corrected chi connectivity index (χ4v) is 3.25. The molecule has 0 saturated carbocycles. The molecule has 0 amide bonds.